The average molecular weight is 251 g/mol. The number of hydrogen-bond acceptors (Lipinski definition) is 1. The van der Waals surface area contributed by atoms with Crippen molar-refractivity contribution in [2.45, 2.75) is 6.54 Å². The van der Waals surface area contributed by atoms with E-state index >= 15 is 0 Å². The number of rotatable bonds is 3. The first-order valence-corrected chi connectivity index (χ1v) is 5.51. The second-order valence-electron chi connectivity index (χ2n) is 3.93. The molecule has 0 unspecified atom stereocenters. The quantitative estimate of drug-likeness (QED) is 0.823. The Morgan fingerprint density at radius 1 is 0.889 bits per heavy atom. The molecule has 0 fully saturated rings. The molecule has 2 rings (SSSR count). The summed E-state index contributed by atoms with van der Waals surface area (Å²) in [7, 11) is 1.76. The largest absolute Gasteiger partial charge is 0.316 e. The molecule has 0 radical (unpaired) electrons. The Morgan fingerprint density at radius 3 is 2.28 bits per heavy atom. The molecule has 0 aromatic heterocycles. The summed E-state index contributed by atoms with van der Waals surface area (Å²) in [5, 5.41) is 2.95. The van der Waals surface area contributed by atoms with E-state index in [1.807, 2.05) is 12.1 Å². The molecule has 1 N–H and O–H groups in total. The minimum absolute atomic E-state index is 0.0692. The maximum absolute atomic E-state index is 13.7. The highest BCUT2D eigenvalue weighted by Gasteiger charge is 2.13. The van der Waals surface area contributed by atoms with Gasteiger partial charge in [0.2, 0.25) is 0 Å². The summed E-state index contributed by atoms with van der Waals surface area (Å²) in [4.78, 5) is 0. The van der Waals surface area contributed by atoms with Crippen LogP contribution in [0.15, 0.2) is 36.4 Å². The smallest absolute Gasteiger partial charge is 0.161 e. The molecule has 0 saturated carbocycles. The van der Waals surface area contributed by atoms with Gasteiger partial charge in [-0.3, -0.25) is 0 Å². The molecule has 1 nitrogen and oxygen atoms in total. The highest BCUT2D eigenvalue weighted by molar-refractivity contribution is 5.68. The minimum Gasteiger partial charge on any atom is -0.316 e. The van der Waals surface area contributed by atoms with Gasteiger partial charge < -0.3 is 5.32 Å². The van der Waals surface area contributed by atoms with Crippen LogP contribution in [0.3, 0.4) is 0 Å². The fraction of sp³-hybridized carbons (Fsp3) is 0.143. The van der Waals surface area contributed by atoms with Crippen LogP contribution < -0.4 is 5.32 Å². The van der Waals surface area contributed by atoms with Crippen molar-refractivity contribution in [3.05, 3.63) is 59.4 Å². The molecule has 4 heteroatoms. The van der Waals surface area contributed by atoms with Crippen molar-refractivity contribution < 1.29 is 13.2 Å². The predicted molar refractivity (Wildman–Crippen MR) is 64.5 cm³/mol. The van der Waals surface area contributed by atoms with E-state index in [9.17, 15) is 13.2 Å². The first kappa shape index (κ1) is 12.6. The highest BCUT2D eigenvalue weighted by Crippen LogP contribution is 2.28. The number of hydrogen-bond donors (Lipinski definition) is 1. The Balaban J connectivity index is 2.58. The molecule has 0 spiro atoms. The Labute approximate surface area is 103 Å². The molecular formula is C14H12F3N. The molecule has 0 amide bonds. The fourth-order valence-corrected chi connectivity index (χ4v) is 1.86. The monoisotopic (exact) mass is 251 g/mol. The van der Waals surface area contributed by atoms with Crippen LogP contribution in [-0.2, 0) is 6.54 Å². The molecule has 0 aliphatic rings. The van der Waals surface area contributed by atoms with Crippen molar-refractivity contribution in [1.29, 1.82) is 0 Å². The lowest BCUT2D eigenvalue weighted by Gasteiger charge is -2.10. The van der Waals surface area contributed by atoms with Crippen LogP contribution in [0.2, 0.25) is 0 Å². The Kier molecular flexibility index (Phi) is 3.67. The fourth-order valence-electron chi connectivity index (χ4n) is 1.86. The zero-order valence-corrected chi connectivity index (χ0v) is 9.81. The minimum atomic E-state index is -1.18. The van der Waals surface area contributed by atoms with Gasteiger partial charge in [-0.2, -0.15) is 0 Å². The molecule has 0 aliphatic carbocycles. The third kappa shape index (κ3) is 2.38. The Hall–Kier alpha value is -1.81. The zero-order chi connectivity index (χ0) is 13.1. The Morgan fingerprint density at radius 2 is 1.56 bits per heavy atom. The third-order valence-electron chi connectivity index (χ3n) is 2.68. The number of halogens is 3. The van der Waals surface area contributed by atoms with Gasteiger partial charge in [0.25, 0.3) is 0 Å². The summed E-state index contributed by atoms with van der Waals surface area (Å²) in [5.41, 5.74) is 1.45. The SMILES string of the molecule is CNCc1ccccc1-c1cc(F)c(F)cc1F. The van der Waals surface area contributed by atoms with Crippen LogP contribution in [0.25, 0.3) is 11.1 Å². The molecule has 18 heavy (non-hydrogen) atoms. The third-order valence-corrected chi connectivity index (χ3v) is 2.68. The van der Waals surface area contributed by atoms with Crippen LogP contribution in [0.5, 0.6) is 0 Å². The van der Waals surface area contributed by atoms with Gasteiger partial charge in [-0.25, -0.2) is 13.2 Å². The van der Waals surface area contributed by atoms with E-state index in [1.54, 1.807) is 19.2 Å². The predicted octanol–water partition coefficient (Wildman–Crippen LogP) is 3.49. The molecular weight excluding hydrogens is 239 g/mol. The van der Waals surface area contributed by atoms with Gasteiger partial charge in [-0.1, -0.05) is 24.3 Å². The standard InChI is InChI=1S/C14H12F3N/c1-18-8-9-4-2-3-5-10(9)11-6-13(16)14(17)7-12(11)15/h2-7,18H,8H2,1H3. The first-order chi connectivity index (χ1) is 8.63. The van der Waals surface area contributed by atoms with Crippen molar-refractivity contribution in [3.63, 3.8) is 0 Å². The molecule has 0 atom stereocenters. The van der Waals surface area contributed by atoms with Crippen LogP contribution >= 0.6 is 0 Å². The lowest BCUT2D eigenvalue weighted by molar-refractivity contribution is 0.496. The second-order valence-corrected chi connectivity index (χ2v) is 3.93. The second kappa shape index (κ2) is 5.23. The van der Waals surface area contributed by atoms with Crippen molar-refractivity contribution in [3.8, 4) is 11.1 Å². The van der Waals surface area contributed by atoms with Gasteiger partial charge in [-0.05, 0) is 24.2 Å². The number of benzene rings is 2. The normalized spacial score (nSPS) is 10.7. The van der Waals surface area contributed by atoms with Crippen LogP contribution in [0.1, 0.15) is 5.56 Å². The van der Waals surface area contributed by atoms with Crippen molar-refractivity contribution in [2.75, 3.05) is 7.05 Å². The molecule has 2 aromatic carbocycles. The summed E-state index contributed by atoms with van der Waals surface area (Å²) in [6.45, 7) is 0.522. The van der Waals surface area contributed by atoms with E-state index in [2.05, 4.69) is 5.32 Å². The van der Waals surface area contributed by atoms with Crippen molar-refractivity contribution in [2.24, 2.45) is 0 Å². The summed E-state index contributed by atoms with van der Waals surface area (Å²) < 4.78 is 39.8. The maximum atomic E-state index is 13.7. The van der Waals surface area contributed by atoms with E-state index in [0.29, 0.717) is 18.2 Å². The van der Waals surface area contributed by atoms with Crippen LogP contribution in [0, 0.1) is 17.5 Å². The van der Waals surface area contributed by atoms with Gasteiger partial charge in [0.15, 0.2) is 11.6 Å². The average Bonchev–Trinajstić information content (AvgIpc) is 2.35. The number of nitrogens with one attached hydrogen (secondary N) is 1. The highest BCUT2D eigenvalue weighted by atomic mass is 19.2. The maximum Gasteiger partial charge on any atom is 0.161 e. The van der Waals surface area contributed by atoms with Gasteiger partial charge in [0.05, 0.1) is 0 Å². The lowest BCUT2D eigenvalue weighted by Crippen LogP contribution is -2.06. The van der Waals surface area contributed by atoms with Gasteiger partial charge in [-0.15, -0.1) is 0 Å². The first-order valence-electron chi connectivity index (χ1n) is 5.51. The van der Waals surface area contributed by atoms with E-state index in [0.717, 1.165) is 11.6 Å². The van der Waals surface area contributed by atoms with E-state index in [4.69, 9.17) is 0 Å². The molecule has 0 heterocycles. The van der Waals surface area contributed by atoms with E-state index in [1.165, 1.54) is 0 Å². The summed E-state index contributed by atoms with van der Waals surface area (Å²) in [6.07, 6.45) is 0. The summed E-state index contributed by atoms with van der Waals surface area (Å²) in [6, 6.07) is 8.50. The molecule has 0 bridgehead atoms. The van der Waals surface area contributed by atoms with Crippen molar-refractivity contribution >= 4 is 0 Å². The topological polar surface area (TPSA) is 12.0 Å². The Bertz CT molecular complexity index is 567. The lowest BCUT2D eigenvalue weighted by atomic mass is 9.99. The van der Waals surface area contributed by atoms with Crippen molar-refractivity contribution in [1.82, 2.24) is 5.32 Å². The van der Waals surface area contributed by atoms with E-state index < -0.39 is 17.5 Å². The molecule has 94 valence electrons. The van der Waals surface area contributed by atoms with Crippen LogP contribution in [0.4, 0.5) is 13.2 Å². The summed E-state index contributed by atoms with van der Waals surface area (Å²) in [5.74, 6) is -2.99. The van der Waals surface area contributed by atoms with Gasteiger partial charge in [0.1, 0.15) is 5.82 Å². The molecule has 0 saturated heterocycles. The van der Waals surface area contributed by atoms with Crippen LogP contribution in [-0.4, -0.2) is 7.05 Å². The zero-order valence-electron chi connectivity index (χ0n) is 9.81. The van der Waals surface area contributed by atoms with Gasteiger partial charge >= 0.3 is 0 Å². The van der Waals surface area contributed by atoms with E-state index in [-0.39, 0.29) is 5.56 Å². The molecule has 0 aliphatic heterocycles. The molecule has 2 aromatic rings. The summed E-state index contributed by atoms with van der Waals surface area (Å²) >= 11 is 0. The van der Waals surface area contributed by atoms with Gasteiger partial charge in [0, 0.05) is 18.2 Å².